The van der Waals surface area contributed by atoms with E-state index in [1.807, 2.05) is 51.3 Å². The van der Waals surface area contributed by atoms with Gasteiger partial charge in [-0.25, -0.2) is 9.59 Å². The highest BCUT2D eigenvalue weighted by molar-refractivity contribution is 5.68. The molecule has 0 saturated carbocycles. The van der Waals surface area contributed by atoms with Gasteiger partial charge in [0.05, 0.1) is 0 Å². The van der Waals surface area contributed by atoms with Gasteiger partial charge in [0.15, 0.2) is 0 Å². The minimum absolute atomic E-state index is 0.185. The number of likely N-dealkylation sites (tertiary alicyclic amines) is 2. The first kappa shape index (κ1) is 23.8. The molecule has 2 fully saturated rings. The summed E-state index contributed by atoms with van der Waals surface area (Å²) in [4.78, 5) is 28.4. The Labute approximate surface area is 177 Å². The zero-order valence-electron chi connectivity index (χ0n) is 19.6. The Kier molecular flexibility index (Phi) is 7.86. The third kappa shape index (κ3) is 7.38. The molecule has 29 heavy (non-hydrogen) atoms. The molecule has 0 radical (unpaired) electrons. The van der Waals surface area contributed by atoms with Crippen molar-refractivity contribution in [3.63, 3.8) is 0 Å². The van der Waals surface area contributed by atoms with Crippen molar-refractivity contribution in [2.75, 3.05) is 26.2 Å². The highest BCUT2D eigenvalue weighted by Gasteiger charge is 2.36. The molecule has 0 aromatic carbocycles. The monoisotopic (exact) mass is 410 g/mol. The van der Waals surface area contributed by atoms with E-state index in [0.717, 1.165) is 58.3 Å². The van der Waals surface area contributed by atoms with E-state index in [1.165, 1.54) is 0 Å². The van der Waals surface area contributed by atoms with Crippen LogP contribution in [0.2, 0.25) is 0 Å². The molecule has 0 bridgehead atoms. The zero-order chi connectivity index (χ0) is 21.8. The summed E-state index contributed by atoms with van der Waals surface area (Å²) in [5, 5.41) is 0. The highest BCUT2D eigenvalue weighted by atomic mass is 16.6. The van der Waals surface area contributed by atoms with Crippen molar-refractivity contribution in [1.29, 1.82) is 0 Å². The molecular weight excluding hydrogens is 368 g/mol. The smallest absolute Gasteiger partial charge is 0.410 e. The Bertz CT molecular complexity index is 500. The molecule has 2 saturated heterocycles. The molecule has 0 aliphatic carbocycles. The number of hydrogen-bond acceptors (Lipinski definition) is 4. The molecular formula is C23H42N2O4. The van der Waals surface area contributed by atoms with Crippen LogP contribution in [0.1, 0.15) is 80.6 Å². The summed E-state index contributed by atoms with van der Waals surface area (Å²) in [6.45, 7) is 16.9. The first-order valence-electron chi connectivity index (χ1n) is 11.4. The van der Waals surface area contributed by atoms with Gasteiger partial charge in [0.2, 0.25) is 0 Å². The Morgan fingerprint density at radius 1 is 0.759 bits per heavy atom. The summed E-state index contributed by atoms with van der Waals surface area (Å²) in [6.07, 6.45) is 4.97. The molecule has 6 nitrogen and oxygen atoms in total. The first-order chi connectivity index (χ1) is 13.4. The van der Waals surface area contributed by atoms with Crippen LogP contribution in [-0.2, 0) is 9.47 Å². The fourth-order valence-electron chi connectivity index (χ4n) is 4.72. The molecule has 2 heterocycles. The molecule has 0 N–H and O–H groups in total. The van der Waals surface area contributed by atoms with E-state index < -0.39 is 11.2 Å². The van der Waals surface area contributed by atoms with Crippen LogP contribution in [0.15, 0.2) is 0 Å². The van der Waals surface area contributed by atoms with Gasteiger partial charge in [-0.1, -0.05) is 13.3 Å². The molecule has 2 rings (SSSR count). The van der Waals surface area contributed by atoms with Gasteiger partial charge in [0, 0.05) is 26.2 Å². The summed E-state index contributed by atoms with van der Waals surface area (Å²) in [6, 6.07) is 0. The fraction of sp³-hybridized carbons (Fsp3) is 0.913. The number of piperidine rings is 2. The second-order valence-electron chi connectivity index (χ2n) is 10.7. The van der Waals surface area contributed by atoms with Crippen LogP contribution in [0.25, 0.3) is 0 Å². The van der Waals surface area contributed by atoms with Crippen LogP contribution in [0.5, 0.6) is 0 Å². The van der Waals surface area contributed by atoms with Gasteiger partial charge in [0.25, 0.3) is 0 Å². The Morgan fingerprint density at radius 2 is 1.07 bits per heavy atom. The first-order valence-corrected chi connectivity index (χ1v) is 11.4. The quantitative estimate of drug-likeness (QED) is 0.633. The Balaban J connectivity index is 1.83. The normalized spacial score (nSPS) is 20.1. The summed E-state index contributed by atoms with van der Waals surface area (Å²) < 4.78 is 11.0. The standard InChI is InChI=1S/C23H42N2O4/c1-8-19(17-9-13-24(14-10-17)20(26)28-22(2,3)4)18-11-15-25(16-12-18)21(27)29-23(5,6)7/h17-19H,8-16H2,1-7H3. The highest BCUT2D eigenvalue weighted by Crippen LogP contribution is 2.38. The molecule has 2 aliphatic rings. The summed E-state index contributed by atoms with van der Waals surface area (Å²) in [5.74, 6) is 1.96. The van der Waals surface area contributed by atoms with E-state index in [4.69, 9.17) is 9.47 Å². The lowest BCUT2D eigenvalue weighted by molar-refractivity contribution is 0.00648. The SMILES string of the molecule is CCC(C1CCN(C(=O)OC(C)(C)C)CC1)C1CCN(C(=O)OC(C)(C)C)CC1. The lowest BCUT2D eigenvalue weighted by Gasteiger charge is -2.42. The van der Waals surface area contributed by atoms with E-state index in [2.05, 4.69) is 6.92 Å². The van der Waals surface area contributed by atoms with Crippen LogP contribution >= 0.6 is 0 Å². The Hall–Kier alpha value is -1.46. The number of nitrogens with zero attached hydrogens (tertiary/aromatic N) is 2. The second-order valence-corrected chi connectivity index (χ2v) is 10.7. The van der Waals surface area contributed by atoms with Gasteiger partial charge < -0.3 is 19.3 Å². The third-order valence-electron chi connectivity index (χ3n) is 6.07. The molecule has 6 heteroatoms. The van der Waals surface area contributed by atoms with Crippen LogP contribution in [0, 0.1) is 17.8 Å². The van der Waals surface area contributed by atoms with E-state index in [0.29, 0.717) is 17.8 Å². The fourth-order valence-corrected chi connectivity index (χ4v) is 4.72. The van der Waals surface area contributed by atoms with E-state index >= 15 is 0 Å². The molecule has 0 unspecified atom stereocenters. The van der Waals surface area contributed by atoms with E-state index in [-0.39, 0.29) is 12.2 Å². The van der Waals surface area contributed by atoms with Crippen molar-refractivity contribution >= 4 is 12.2 Å². The number of carbonyl (C=O) groups is 2. The summed E-state index contributed by atoms with van der Waals surface area (Å²) in [7, 11) is 0. The molecule has 0 aromatic heterocycles. The van der Waals surface area contributed by atoms with Crippen LogP contribution in [-0.4, -0.2) is 59.4 Å². The topological polar surface area (TPSA) is 59.1 Å². The lowest BCUT2D eigenvalue weighted by atomic mass is 9.72. The maximum Gasteiger partial charge on any atom is 0.410 e. The number of amides is 2. The van der Waals surface area contributed by atoms with Gasteiger partial charge >= 0.3 is 12.2 Å². The minimum atomic E-state index is -0.442. The van der Waals surface area contributed by atoms with Crippen LogP contribution < -0.4 is 0 Å². The van der Waals surface area contributed by atoms with Gasteiger partial charge in [-0.15, -0.1) is 0 Å². The predicted molar refractivity (Wildman–Crippen MR) is 115 cm³/mol. The van der Waals surface area contributed by atoms with Crippen molar-refractivity contribution < 1.29 is 19.1 Å². The number of hydrogen-bond donors (Lipinski definition) is 0. The largest absolute Gasteiger partial charge is 0.444 e. The zero-order valence-corrected chi connectivity index (χ0v) is 19.6. The van der Waals surface area contributed by atoms with Gasteiger partial charge in [-0.3, -0.25) is 0 Å². The lowest BCUT2D eigenvalue weighted by Crippen LogP contribution is -2.46. The maximum absolute atomic E-state index is 12.3. The summed E-state index contributed by atoms with van der Waals surface area (Å²) >= 11 is 0. The average Bonchev–Trinajstić information content (AvgIpc) is 2.60. The number of rotatable bonds is 3. The molecule has 0 aromatic rings. The molecule has 2 aliphatic heterocycles. The molecule has 168 valence electrons. The van der Waals surface area contributed by atoms with Gasteiger partial charge in [-0.05, 0) is 85.0 Å². The van der Waals surface area contributed by atoms with E-state index in [9.17, 15) is 9.59 Å². The van der Waals surface area contributed by atoms with Crippen LogP contribution in [0.4, 0.5) is 9.59 Å². The van der Waals surface area contributed by atoms with Gasteiger partial charge in [0.1, 0.15) is 11.2 Å². The van der Waals surface area contributed by atoms with Crippen molar-refractivity contribution in [2.24, 2.45) is 17.8 Å². The van der Waals surface area contributed by atoms with Gasteiger partial charge in [-0.2, -0.15) is 0 Å². The van der Waals surface area contributed by atoms with Crippen LogP contribution in [0.3, 0.4) is 0 Å². The van der Waals surface area contributed by atoms with Crippen molar-refractivity contribution in [3.8, 4) is 0 Å². The average molecular weight is 411 g/mol. The maximum atomic E-state index is 12.3. The number of ether oxygens (including phenoxy) is 2. The molecule has 0 spiro atoms. The Morgan fingerprint density at radius 3 is 1.31 bits per heavy atom. The number of carbonyl (C=O) groups excluding carboxylic acids is 2. The predicted octanol–water partition coefficient (Wildman–Crippen LogP) is 5.31. The summed E-state index contributed by atoms with van der Waals surface area (Å²) in [5.41, 5.74) is -0.885. The third-order valence-corrected chi connectivity index (χ3v) is 6.07. The molecule has 2 amide bonds. The van der Waals surface area contributed by atoms with E-state index in [1.54, 1.807) is 0 Å². The van der Waals surface area contributed by atoms with Crippen molar-refractivity contribution in [3.05, 3.63) is 0 Å². The van der Waals surface area contributed by atoms with Crippen molar-refractivity contribution in [2.45, 2.75) is 91.8 Å². The molecule has 0 atom stereocenters. The second kappa shape index (κ2) is 9.57. The van der Waals surface area contributed by atoms with Crippen molar-refractivity contribution in [1.82, 2.24) is 9.80 Å². The minimum Gasteiger partial charge on any atom is -0.444 e.